The lowest BCUT2D eigenvalue weighted by Crippen LogP contribution is -2.50. The molecule has 1 aromatic rings. The quantitative estimate of drug-likeness (QED) is 0.843. The maximum atomic E-state index is 13.1. The van der Waals surface area contributed by atoms with Gasteiger partial charge in [0.05, 0.1) is 0 Å². The van der Waals surface area contributed by atoms with Gasteiger partial charge in [-0.25, -0.2) is 0 Å². The SMILES string of the molecule is O=C(C1CCOCC1)N1CCCC1C1CCCN1Cc1ccccc1. The highest BCUT2D eigenvalue weighted by Gasteiger charge is 2.41. The Morgan fingerprint density at radius 2 is 1.68 bits per heavy atom. The van der Waals surface area contributed by atoms with Crippen LogP contribution < -0.4 is 0 Å². The summed E-state index contributed by atoms with van der Waals surface area (Å²) in [5, 5.41) is 0. The fourth-order valence-electron chi connectivity index (χ4n) is 4.95. The average molecular weight is 342 g/mol. The van der Waals surface area contributed by atoms with Crippen molar-refractivity contribution in [2.24, 2.45) is 5.92 Å². The number of nitrogens with zero attached hydrogens (tertiary/aromatic N) is 2. The number of amides is 1. The molecule has 3 heterocycles. The predicted octanol–water partition coefficient (Wildman–Crippen LogP) is 3.07. The van der Waals surface area contributed by atoms with Crippen molar-refractivity contribution >= 4 is 5.91 Å². The Kier molecular flexibility index (Phi) is 5.37. The molecule has 3 fully saturated rings. The van der Waals surface area contributed by atoms with Crippen LogP contribution in [-0.4, -0.2) is 54.1 Å². The van der Waals surface area contributed by atoms with E-state index in [9.17, 15) is 4.79 Å². The lowest BCUT2D eigenvalue weighted by Gasteiger charge is -2.37. The average Bonchev–Trinajstić information content (AvgIpc) is 3.31. The second-order valence-electron chi connectivity index (χ2n) is 7.79. The Labute approximate surface area is 151 Å². The van der Waals surface area contributed by atoms with Crippen LogP contribution >= 0.6 is 0 Å². The molecule has 0 radical (unpaired) electrons. The molecule has 3 aliphatic rings. The van der Waals surface area contributed by atoms with Gasteiger partial charge in [-0.3, -0.25) is 9.69 Å². The van der Waals surface area contributed by atoms with Crippen LogP contribution in [0.15, 0.2) is 30.3 Å². The number of ether oxygens (including phenoxy) is 1. The highest BCUT2D eigenvalue weighted by atomic mass is 16.5. The number of rotatable bonds is 4. The molecule has 2 unspecified atom stereocenters. The van der Waals surface area contributed by atoms with Crippen LogP contribution in [0.5, 0.6) is 0 Å². The van der Waals surface area contributed by atoms with Crippen molar-refractivity contribution < 1.29 is 9.53 Å². The van der Waals surface area contributed by atoms with Gasteiger partial charge in [-0.2, -0.15) is 0 Å². The fraction of sp³-hybridized carbons (Fsp3) is 0.667. The number of carbonyl (C=O) groups excluding carboxylic acids is 1. The number of carbonyl (C=O) groups is 1. The number of likely N-dealkylation sites (tertiary alicyclic amines) is 2. The van der Waals surface area contributed by atoms with E-state index < -0.39 is 0 Å². The zero-order valence-corrected chi connectivity index (χ0v) is 15.1. The lowest BCUT2D eigenvalue weighted by molar-refractivity contribution is -0.140. The van der Waals surface area contributed by atoms with Gasteiger partial charge in [-0.1, -0.05) is 30.3 Å². The minimum absolute atomic E-state index is 0.193. The van der Waals surface area contributed by atoms with E-state index in [1.165, 1.54) is 24.8 Å². The van der Waals surface area contributed by atoms with Crippen molar-refractivity contribution in [1.82, 2.24) is 9.80 Å². The first kappa shape index (κ1) is 17.0. The summed E-state index contributed by atoms with van der Waals surface area (Å²) in [6.07, 6.45) is 6.63. The Morgan fingerprint density at radius 1 is 0.960 bits per heavy atom. The van der Waals surface area contributed by atoms with E-state index in [0.29, 0.717) is 18.0 Å². The second-order valence-corrected chi connectivity index (χ2v) is 7.79. The highest BCUT2D eigenvalue weighted by Crippen LogP contribution is 2.33. The molecule has 0 N–H and O–H groups in total. The molecule has 3 aliphatic heterocycles. The summed E-state index contributed by atoms with van der Waals surface area (Å²) in [7, 11) is 0. The van der Waals surface area contributed by atoms with E-state index in [2.05, 4.69) is 40.1 Å². The van der Waals surface area contributed by atoms with Crippen LogP contribution in [0.4, 0.5) is 0 Å². The first-order valence-corrected chi connectivity index (χ1v) is 9.99. The Hall–Kier alpha value is -1.39. The number of hydrogen-bond acceptors (Lipinski definition) is 3. The first-order valence-electron chi connectivity index (χ1n) is 9.99. The zero-order chi connectivity index (χ0) is 17.1. The molecule has 1 amide bonds. The van der Waals surface area contributed by atoms with E-state index >= 15 is 0 Å². The molecule has 25 heavy (non-hydrogen) atoms. The molecule has 0 saturated carbocycles. The fourth-order valence-corrected chi connectivity index (χ4v) is 4.95. The van der Waals surface area contributed by atoms with Crippen molar-refractivity contribution in [3.05, 3.63) is 35.9 Å². The third kappa shape index (κ3) is 3.75. The van der Waals surface area contributed by atoms with Gasteiger partial charge in [0.25, 0.3) is 0 Å². The third-order valence-corrected chi connectivity index (χ3v) is 6.24. The van der Waals surface area contributed by atoms with Crippen LogP contribution in [0, 0.1) is 5.92 Å². The molecule has 1 aromatic carbocycles. The molecule has 0 spiro atoms. The molecule has 4 heteroatoms. The highest BCUT2D eigenvalue weighted by molar-refractivity contribution is 5.79. The van der Waals surface area contributed by atoms with Crippen LogP contribution in [0.3, 0.4) is 0 Å². The predicted molar refractivity (Wildman–Crippen MR) is 98.2 cm³/mol. The molecular formula is C21H30N2O2. The summed E-state index contributed by atoms with van der Waals surface area (Å²) in [5.74, 6) is 0.593. The van der Waals surface area contributed by atoms with Gasteiger partial charge >= 0.3 is 0 Å². The Balaban J connectivity index is 1.44. The molecule has 0 aromatic heterocycles. The van der Waals surface area contributed by atoms with Crippen LogP contribution in [-0.2, 0) is 16.1 Å². The van der Waals surface area contributed by atoms with Gasteiger partial charge in [0.2, 0.25) is 5.91 Å². The van der Waals surface area contributed by atoms with Crippen molar-refractivity contribution in [1.29, 1.82) is 0 Å². The van der Waals surface area contributed by atoms with Gasteiger partial charge < -0.3 is 9.64 Å². The maximum absolute atomic E-state index is 13.1. The van der Waals surface area contributed by atoms with Crippen LogP contribution in [0.1, 0.15) is 44.1 Å². The number of benzene rings is 1. The molecule has 2 atom stereocenters. The standard InChI is InChI=1S/C21H30N2O2/c24-21(18-10-14-25-15-11-18)23-13-5-9-20(23)19-8-4-12-22(19)16-17-6-2-1-3-7-17/h1-3,6-7,18-20H,4-5,8-16H2. The van der Waals surface area contributed by atoms with Crippen LogP contribution in [0.25, 0.3) is 0 Å². The summed E-state index contributed by atoms with van der Waals surface area (Å²) < 4.78 is 5.44. The summed E-state index contributed by atoms with van der Waals surface area (Å²) in [5.41, 5.74) is 1.38. The molecule has 136 valence electrons. The molecule has 4 rings (SSSR count). The van der Waals surface area contributed by atoms with Gasteiger partial charge in [0, 0.05) is 44.3 Å². The smallest absolute Gasteiger partial charge is 0.226 e. The summed E-state index contributed by atoms with van der Waals surface area (Å²) >= 11 is 0. The topological polar surface area (TPSA) is 32.8 Å². The summed E-state index contributed by atoms with van der Waals surface area (Å²) in [4.78, 5) is 17.9. The van der Waals surface area contributed by atoms with Gasteiger partial charge in [-0.15, -0.1) is 0 Å². The molecule has 4 nitrogen and oxygen atoms in total. The van der Waals surface area contributed by atoms with E-state index in [1.807, 2.05) is 0 Å². The maximum Gasteiger partial charge on any atom is 0.226 e. The third-order valence-electron chi connectivity index (χ3n) is 6.24. The van der Waals surface area contributed by atoms with E-state index in [4.69, 9.17) is 4.74 Å². The Morgan fingerprint density at radius 3 is 2.48 bits per heavy atom. The molecular weight excluding hydrogens is 312 g/mol. The van der Waals surface area contributed by atoms with Crippen molar-refractivity contribution in [2.75, 3.05) is 26.3 Å². The zero-order valence-electron chi connectivity index (χ0n) is 15.1. The second kappa shape index (κ2) is 7.88. The van der Waals surface area contributed by atoms with Crippen molar-refractivity contribution in [2.45, 2.75) is 57.2 Å². The summed E-state index contributed by atoms with van der Waals surface area (Å²) in [6, 6.07) is 11.7. The molecule has 0 aliphatic carbocycles. The minimum atomic E-state index is 0.193. The van der Waals surface area contributed by atoms with Crippen molar-refractivity contribution in [3.63, 3.8) is 0 Å². The van der Waals surface area contributed by atoms with Crippen LogP contribution in [0.2, 0.25) is 0 Å². The first-order chi connectivity index (χ1) is 12.3. The molecule has 0 bridgehead atoms. The van der Waals surface area contributed by atoms with E-state index in [1.54, 1.807) is 0 Å². The van der Waals surface area contributed by atoms with Gasteiger partial charge in [0.15, 0.2) is 0 Å². The van der Waals surface area contributed by atoms with Crippen molar-refractivity contribution in [3.8, 4) is 0 Å². The number of hydrogen-bond donors (Lipinski definition) is 0. The largest absolute Gasteiger partial charge is 0.381 e. The van der Waals surface area contributed by atoms with Gasteiger partial charge in [0.1, 0.15) is 0 Å². The Bertz CT molecular complexity index is 571. The van der Waals surface area contributed by atoms with E-state index in [-0.39, 0.29) is 5.92 Å². The van der Waals surface area contributed by atoms with E-state index in [0.717, 1.165) is 52.1 Å². The molecule has 3 saturated heterocycles. The lowest BCUT2D eigenvalue weighted by atomic mass is 9.96. The summed E-state index contributed by atoms with van der Waals surface area (Å²) in [6.45, 7) is 4.63. The monoisotopic (exact) mass is 342 g/mol. The van der Waals surface area contributed by atoms with Gasteiger partial charge in [-0.05, 0) is 50.6 Å². The normalized spacial score (nSPS) is 28.6. The minimum Gasteiger partial charge on any atom is -0.381 e.